The van der Waals surface area contributed by atoms with Gasteiger partial charge in [-0.25, -0.2) is 4.79 Å². The highest BCUT2D eigenvalue weighted by atomic mass is 16.5. The summed E-state index contributed by atoms with van der Waals surface area (Å²) in [6, 6.07) is 3.89. The Morgan fingerprint density at radius 2 is 2.20 bits per heavy atom. The van der Waals surface area contributed by atoms with Gasteiger partial charge >= 0.3 is 6.03 Å². The van der Waals surface area contributed by atoms with Crippen LogP contribution in [0.15, 0.2) is 22.8 Å². The number of ether oxygens (including phenoxy) is 1. The Labute approximate surface area is 119 Å². The zero-order chi connectivity index (χ0) is 14.4. The average molecular weight is 281 g/mol. The molecule has 1 aromatic rings. The number of urea groups is 1. The van der Waals surface area contributed by atoms with Crippen LogP contribution in [0.25, 0.3) is 0 Å². The third kappa shape index (κ3) is 4.25. The molecule has 0 spiro atoms. The van der Waals surface area contributed by atoms with Crippen LogP contribution in [0.4, 0.5) is 4.79 Å². The van der Waals surface area contributed by atoms with Crippen LogP contribution in [0.1, 0.15) is 24.6 Å². The van der Waals surface area contributed by atoms with Crippen LogP contribution in [0.2, 0.25) is 0 Å². The Kier molecular flexibility index (Phi) is 5.43. The monoisotopic (exact) mass is 281 g/mol. The van der Waals surface area contributed by atoms with Gasteiger partial charge in [-0.15, -0.1) is 0 Å². The van der Waals surface area contributed by atoms with Crippen LogP contribution in [0.3, 0.4) is 0 Å². The van der Waals surface area contributed by atoms with Gasteiger partial charge in [0.05, 0.1) is 12.3 Å². The summed E-state index contributed by atoms with van der Waals surface area (Å²) in [5.74, 6) is 0.848. The molecule has 1 fully saturated rings. The van der Waals surface area contributed by atoms with Crippen molar-refractivity contribution in [3.05, 3.63) is 24.2 Å². The summed E-state index contributed by atoms with van der Waals surface area (Å²) in [6.07, 6.45) is 3.40. The average Bonchev–Trinajstić information content (AvgIpc) is 2.93. The Balaban J connectivity index is 1.78. The minimum absolute atomic E-state index is 0.0328. The highest BCUT2D eigenvalue weighted by molar-refractivity contribution is 5.74. The van der Waals surface area contributed by atoms with E-state index in [2.05, 4.69) is 10.6 Å². The molecule has 6 heteroatoms. The first-order valence-corrected chi connectivity index (χ1v) is 6.98. The maximum Gasteiger partial charge on any atom is 0.315 e. The minimum Gasteiger partial charge on any atom is -0.468 e. The lowest BCUT2D eigenvalue weighted by atomic mass is 10.1. The first kappa shape index (κ1) is 14.9. The zero-order valence-corrected chi connectivity index (χ0v) is 12.1. The first-order valence-electron chi connectivity index (χ1n) is 6.98. The van der Waals surface area contributed by atoms with E-state index in [1.54, 1.807) is 6.26 Å². The number of carbonyl (C=O) groups is 1. The molecule has 2 rings (SSSR count). The number of hydrogen-bond acceptors (Lipinski definition) is 4. The summed E-state index contributed by atoms with van der Waals surface area (Å²) < 4.78 is 10.7. The Morgan fingerprint density at radius 1 is 1.45 bits per heavy atom. The number of hydrogen-bond donors (Lipinski definition) is 2. The van der Waals surface area contributed by atoms with E-state index in [1.807, 2.05) is 31.1 Å². The Morgan fingerprint density at radius 3 is 2.80 bits per heavy atom. The van der Waals surface area contributed by atoms with Gasteiger partial charge in [-0.1, -0.05) is 0 Å². The van der Waals surface area contributed by atoms with Crippen molar-refractivity contribution in [3.8, 4) is 0 Å². The Bertz CT molecular complexity index is 400. The van der Waals surface area contributed by atoms with Crippen molar-refractivity contribution in [1.29, 1.82) is 0 Å². The van der Waals surface area contributed by atoms with Crippen molar-refractivity contribution < 1.29 is 13.9 Å². The van der Waals surface area contributed by atoms with Crippen LogP contribution in [0.5, 0.6) is 0 Å². The van der Waals surface area contributed by atoms with Crippen LogP contribution in [-0.2, 0) is 4.74 Å². The molecule has 1 atom stereocenters. The molecule has 1 aliphatic heterocycles. The summed E-state index contributed by atoms with van der Waals surface area (Å²) >= 11 is 0. The number of nitrogens with one attached hydrogen (secondary N) is 2. The molecule has 0 bridgehead atoms. The van der Waals surface area contributed by atoms with Gasteiger partial charge < -0.3 is 19.8 Å². The smallest absolute Gasteiger partial charge is 0.315 e. The fraction of sp³-hybridized carbons (Fsp3) is 0.643. The van der Waals surface area contributed by atoms with Gasteiger partial charge in [-0.3, -0.25) is 4.90 Å². The highest BCUT2D eigenvalue weighted by Crippen LogP contribution is 2.17. The maximum absolute atomic E-state index is 11.9. The number of rotatable bonds is 5. The topological polar surface area (TPSA) is 66.7 Å². The fourth-order valence-corrected chi connectivity index (χ4v) is 2.29. The quantitative estimate of drug-likeness (QED) is 0.855. The summed E-state index contributed by atoms with van der Waals surface area (Å²) in [7, 11) is 3.93. The predicted octanol–water partition coefficient (Wildman–Crippen LogP) is 1.36. The van der Waals surface area contributed by atoms with E-state index in [9.17, 15) is 4.79 Å². The molecule has 1 saturated heterocycles. The normalized spacial score (nSPS) is 17.9. The molecular formula is C14H23N3O3. The molecule has 20 heavy (non-hydrogen) atoms. The number of nitrogens with zero attached hydrogens (tertiary/aromatic N) is 1. The van der Waals surface area contributed by atoms with Gasteiger partial charge in [0.25, 0.3) is 0 Å². The van der Waals surface area contributed by atoms with Crippen LogP contribution < -0.4 is 10.6 Å². The lowest BCUT2D eigenvalue weighted by molar-refractivity contribution is 0.0800. The number of likely N-dealkylation sites (N-methyl/N-ethyl adjacent to an activating group) is 1. The van der Waals surface area contributed by atoms with E-state index in [4.69, 9.17) is 9.15 Å². The fourth-order valence-electron chi connectivity index (χ4n) is 2.29. The lowest BCUT2D eigenvalue weighted by Crippen LogP contribution is -2.46. The lowest BCUT2D eigenvalue weighted by Gasteiger charge is -2.25. The molecule has 2 N–H and O–H groups in total. The molecule has 0 unspecified atom stereocenters. The zero-order valence-electron chi connectivity index (χ0n) is 12.1. The molecule has 0 aliphatic carbocycles. The second-order valence-electron chi connectivity index (χ2n) is 5.24. The van der Waals surface area contributed by atoms with Crippen molar-refractivity contribution in [2.45, 2.75) is 24.9 Å². The second kappa shape index (κ2) is 7.31. The van der Waals surface area contributed by atoms with Gasteiger partial charge in [-0.05, 0) is 39.1 Å². The van der Waals surface area contributed by atoms with Crippen molar-refractivity contribution in [2.24, 2.45) is 0 Å². The van der Waals surface area contributed by atoms with Gasteiger partial charge in [0.15, 0.2) is 0 Å². The molecule has 2 amide bonds. The molecule has 1 aromatic heterocycles. The number of furan rings is 1. The van der Waals surface area contributed by atoms with Crippen molar-refractivity contribution in [2.75, 3.05) is 33.9 Å². The minimum atomic E-state index is -0.129. The molecule has 0 radical (unpaired) electrons. The summed E-state index contributed by atoms with van der Waals surface area (Å²) in [5.41, 5.74) is 0. The van der Waals surface area contributed by atoms with Crippen molar-refractivity contribution in [1.82, 2.24) is 15.5 Å². The van der Waals surface area contributed by atoms with E-state index in [0.29, 0.717) is 6.54 Å². The van der Waals surface area contributed by atoms with Crippen LogP contribution in [0, 0.1) is 0 Å². The highest BCUT2D eigenvalue weighted by Gasteiger charge is 2.19. The SMILES string of the molecule is CN(C)[C@@H](CNC(=O)NC1CCOCC1)c1ccco1. The molecule has 1 aliphatic rings. The molecule has 112 valence electrons. The number of amides is 2. The van der Waals surface area contributed by atoms with Gasteiger partial charge in [0.2, 0.25) is 0 Å². The van der Waals surface area contributed by atoms with Crippen LogP contribution >= 0.6 is 0 Å². The van der Waals surface area contributed by atoms with Crippen molar-refractivity contribution >= 4 is 6.03 Å². The van der Waals surface area contributed by atoms with Gasteiger partial charge in [0.1, 0.15) is 5.76 Å². The standard InChI is InChI=1S/C14H23N3O3/c1-17(2)12(13-4-3-7-20-13)10-15-14(18)16-11-5-8-19-9-6-11/h3-4,7,11-12H,5-6,8-10H2,1-2H3,(H2,15,16,18)/t12-/m0/s1. The third-order valence-electron chi connectivity index (χ3n) is 3.51. The van der Waals surface area contributed by atoms with E-state index in [-0.39, 0.29) is 18.1 Å². The maximum atomic E-state index is 11.9. The Hall–Kier alpha value is -1.53. The van der Waals surface area contributed by atoms with Gasteiger partial charge in [0, 0.05) is 25.8 Å². The second-order valence-corrected chi connectivity index (χ2v) is 5.24. The number of carbonyl (C=O) groups excluding carboxylic acids is 1. The van der Waals surface area contributed by atoms with Crippen molar-refractivity contribution in [3.63, 3.8) is 0 Å². The third-order valence-corrected chi connectivity index (χ3v) is 3.51. The first-order chi connectivity index (χ1) is 9.66. The molecule has 2 heterocycles. The van der Waals surface area contributed by atoms with E-state index in [0.717, 1.165) is 31.8 Å². The molecular weight excluding hydrogens is 258 g/mol. The molecule has 0 aromatic carbocycles. The predicted molar refractivity (Wildman–Crippen MR) is 75.5 cm³/mol. The molecule has 0 saturated carbocycles. The molecule has 6 nitrogen and oxygen atoms in total. The van der Waals surface area contributed by atoms with Crippen LogP contribution in [-0.4, -0.2) is 50.8 Å². The van der Waals surface area contributed by atoms with E-state index < -0.39 is 0 Å². The van der Waals surface area contributed by atoms with E-state index >= 15 is 0 Å². The summed E-state index contributed by atoms with van der Waals surface area (Å²) in [6.45, 7) is 1.95. The summed E-state index contributed by atoms with van der Waals surface area (Å²) in [4.78, 5) is 13.9. The van der Waals surface area contributed by atoms with E-state index in [1.165, 1.54) is 0 Å². The largest absolute Gasteiger partial charge is 0.468 e. The summed E-state index contributed by atoms with van der Waals surface area (Å²) in [5, 5.41) is 5.89. The van der Waals surface area contributed by atoms with Gasteiger partial charge in [-0.2, -0.15) is 0 Å².